The van der Waals surface area contributed by atoms with E-state index in [1.54, 1.807) is 6.92 Å². The van der Waals surface area contributed by atoms with Crippen LogP contribution in [-0.4, -0.2) is 17.3 Å². The molecule has 0 saturated carbocycles. The van der Waals surface area contributed by atoms with Crippen molar-refractivity contribution < 1.29 is 30.8 Å². The van der Waals surface area contributed by atoms with Crippen LogP contribution >= 0.6 is 0 Å². The Bertz CT molecular complexity index is 1070. The quantitative estimate of drug-likeness (QED) is 0.548. The van der Waals surface area contributed by atoms with E-state index in [1.807, 2.05) is 0 Å². The third kappa shape index (κ3) is 14.4. The summed E-state index contributed by atoms with van der Waals surface area (Å²) in [4.78, 5) is 0. The van der Waals surface area contributed by atoms with Gasteiger partial charge in [0, 0.05) is 31.7 Å². The van der Waals surface area contributed by atoms with Gasteiger partial charge in [-0.1, -0.05) is 11.5 Å². The van der Waals surface area contributed by atoms with Gasteiger partial charge in [-0.2, -0.15) is 0 Å². The van der Waals surface area contributed by atoms with Gasteiger partial charge < -0.3 is 10.8 Å². The highest BCUT2D eigenvalue weighted by Gasteiger charge is 2.02. The molecule has 0 aliphatic rings. The number of aliphatic hydroxyl groups is 1. The Balaban J connectivity index is -0.0000000158. The summed E-state index contributed by atoms with van der Waals surface area (Å²) in [6, 6.07) is -0.368. The van der Waals surface area contributed by atoms with E-state index >= 15 is 0 Å². The van der Waals surface area contributed by atoms with Crippen molar-refractivity contribution in [2.24, 2.45) is 5.73 Å². The second-order valence-electron chi connectivity index (χ2n) is 3.59. The van der Waals surface area contributed by atoms with Gasteiger partial charge in [-0.25, -0.2) is 0 Å². The van der Waals surface area contributed by atoms with Crippen molar-refractivity contribution in [3.05, 3.63) is 104 Å². The SMILES string of the molecule is C=C=C=C=C=C=C=C=C=C=C=C=C=C=C=C=C=C[C@H](O)[C@H](C)N.[HH].[HH].[HH].[HH].[HH].[HH].[HH].[HH].[HH].[HH].[HH].[HH].[HH].[HH].[HH].[HH].[HH].[HH]. The maximum Gasteiger partial charge on any atom is 0.0949 e. The van der Waals surface area contributed by atoms with Crippen LogP contribution in [0.25, 0.3) is 0 Å². The Morgan fingerprint density at radius 1 is 0.783 bits per heavy atom. The molecule has 2 nitrogen and oxygen atoms in total. The summed E-state index contributed by atoms with van der Waals surface area (Å²) in [6.45, 7) is 4.98. The number of hydrogen-bond donors (Lipinski definition) is 2. The Morgan fingerprint density at radius 3 is 1.48 bits per heavy atom. The molecule has 0 aromatic rings. The molecule has 0 rings (SSSR count). The molecule has 2 heteroatoms. The zero-order valence-corrected chi connectivity index (χ0v) is 12.5. The summed E-state index contributed by atoms with van der Waals surface area (Å²) in [5.74, 6) is 0. The molecule has 3 N–H and O–H groups in total. The lowest BCUT2D eigenvalue weighted by molar-refractivity contribution is 0.198. The fraction of sp³-hybridized carbons (Fsp3) is 0.143. The largest absolute Gasteiger partial charge is 0.387 e. The molecule has 23 heavy (non-hydrogen) atoms. The van der Waals surface area contributed by atoms with Crippen molar-refractivity contribution in [2.45, 2.75) is 19.1 Å². The predicted molar refractivity (Wildman–Crippen MR) is 124 cm³/mol. The molecule has 0 heterocycles. The first-order chi connectivity index (χ1) is 11.2. The van der Waals surface area contributed by atoms with Gasteiger partial charge in [0.25, 0.3) is 0 Å². The van der Waals surface area contributed by atoms with E-state index in [1.165, 1.54) is 6.08 Å². The second kappa shape index (κ2) is 14.5. The fourth-order valence-electron chi connectivity index (χ4n) is 0.734. The minimum absolute atomic E-state index is 0. The van der Waals surface area contributed by atoms with Gasteiger partial charge >= 0.3 is 0 Å². The Hall–Kier alpha value is -3.86. The van der Waals surface area contributed by atoms with Crippen molar-refractivity contribution in [1.29, 1.82) is 0 Å². The fourth-order valence-corrected chi connectivity index (χ4v) is 0.734. The van der Waals surface area contributed by atoms with Crippen LogP contribution in [0.3, 0.4) is 0 Å². The van der Waals surface area contributed by atoms with Crippen molar-refractivity contribution >= 4 is 0 Å². The average molecular weight is 330 g/mol. The number of hydrogen-bond acceptors (Lipinski definition) is 2. The van der Waals surface area contributed by atoms with Gasteiger partial charge in [0.2, 0.25) is 0 Å². The Labute approximate surface area is 161 Å². The lowest BCUT2D eigenvalue weighted by atomic mass is 10.2. The normalized spacial score (nSPS) is 8.30. The smallest absolute Gasteiger partial charge is 0.0949 e. The molecule has 2 atom stereocenters. The van der Waals surface area contributed by atoms with Gasteiger partial charge in [-0.05, 0) is 99.8 Å². The monoisotopic (exact) mass is 329 g/mol. The summed E-state index contributed by atoms with van der Waals surface area (Å²) in [7, 11) is 0. The second-order valence-corrected chi connectivity index (χ2v) is 3.59. The molecule has 0 aromatic heterocycles. The van der Waals surface area contributed by atoms with Crippen LogP contribution in [0.2, 0.25) is 0 Å². The molecule has 0 fully saturated rings. The molecular formula is C21H47NO. The minimum atomic E-state index is -0.773. The van der Waals surface area contributed by atoms with Gasteiger partial charge in [0.05, 0.1) is 6.10 Å². The van der Waals surface area contributed by atoms with E-state index in [-0.39, 0.29) is 31.7 Å². The van der Waals surface area contributed by atoms with Gasteiger partial charge in [-0.3, -0.25) is 0 Å². The van der Waals surface area contributed by atoms with Crippen molar-refractivity contribution in [1.82, 2.24) is 0 Å². The topological polar surface area (TPSA) is 46.2 Å². The van der Waals surface area contributed by atoms with E-state index in [4.69, 9.17) is 5.73 Å². The van der Waals surface area contributed by atoms with Crippen molar-refractivity contribution in [2.75, 3.05) is 0 Å². The zero-order chi connectivity index (χ0) is 17.2. The van der Waals surface area contributed by atoms with Gasteiger partial charge in [0.1, 0.15) is 0 Å². The Morgan fingerprint density at radius 2 is 1.13 bits per heavy atom. The van der Waals surface area contributed by atoms with E-state index in [0.29, 0.717) is 0 Å². The molecule has 0 amide bonds. The van der Waals surface area contributed by atoms with Crippen LogP contribution in [0.5, 0.6) is 0 Å². The summed E-state index contributed by atoms with van der Waals surface area (Å²) in [5, 5.41) is 9.33. The van der Waals surface area contributed by atoms with E-state index in [2.05, 4.69) is 98.3 Å². The van der Waals surface area contributed by atoms with E-state index in [0.717, 1.165) is 0 Å². The highest BCUT2D eigenvalue weighted by Crippen LogP contribution is 1.88. The zero-order valence-electron chi connectivity index (χ0n) is 12.5. The van der Waals surface area contributed by atoms with Crippen LogP contribution in [0, 0.1) is 0 Å². The molecule has 0 saturated heterocycles. The van der Waals surface area contributed by atoms with Crippen molar-refractivity contribution in [3.63, 3.8) is 0 Å². The molecule has 0 bridgehead atoms. The lowest BCUT2D eigenvalue weighted by Crippen LogP contribution is -2.29. The molecule has 0 spiro atoms. The number of rotatable bonds is 2. The third-order valence-electron chi connectivity index (χ3n) is 1.77. The molecule has 0 unspecified atom stereocenters. The van der Waals surface area contributed by atoms with Crippen LogP contribution in [0.4, 0.5) is 0 Å². The van der Waals surface area contributed by atoms with Gasteiger partial charge in [0.15, 0.2) is 0 Å². The maximum atomic E-state index is 9.33. The molecular weight excluding hydrogens is 282 g/mol. The summed E-state index contributed by atoms with van der Waals surface area (Å²) >= 11 is 0. The van der Waals surface area contributed by atoms with E-state index in [9.17, 15) is 5.11 Å². The first-order valence-corrected chi connectivity index (χ1v) is 6.23. The first-order valence-electron chi connectivity index (χ1n) is 6.23. The maximum absolute atomic E-state index is 9.33. The first kappa shape index (κ1) is 19.1. The molecule has 0 radical (unpaired) electrons. The minimum Gasteiger partial charge on any atom is -0.387 e. The molecule has 142 valence electrons. The average Bonchev–Trinajstić information content (AvgIpc) is 2.54. The number of nitrogens with two attached hydrogens (primary N) is 1. The third-order valence-corrected chi connectivity index (χ3v) is 1.77. The number of aliphatic hydroxyl groups excluding tert-OH is 1. The van der Waals surface area contributed by atoms with Crippen LogP contribution < -0.4 is 5.73 Å². The lowest BCUT2D eigenvalue weighted by Gasteiger charge is -2.06. The summed E-state index contributed by atoms with van der Waals surface area (Å²) < 4.78 is 0. The Kier molecular flexibility index (Phi) is 12.1. The predicted octanol–water partition coefficient (Wildman–Crippen LogP) is 6.79. The molecule has 0 aliphatic heterocycles. The van der Waals surface area contributed by atoms with Gasteiger partial charge in [-0.15, -0.1) is 0 Å². The summed E-state index contributed by atoms with van der Waals surface area (Å²) in [5.41, 5.74) is 45.1. The standard InChI is InChI=1S/C21H11NO.18H2/c1-3-4-5-6-7-8-9-10-11-12-13-14-15-16-17-18-19-21(23)20(2)22;;;;;;;;;;;;;;;;;;/h19-21,23H,1,22H2,2H3;18*1H/t20-,21-;;;;;;;;;;;;;;;;;;/m0................../s1. The van der Waals surface area contributed by atoms with Crippen LogP contribution in [-0.2, 0) is 0 Å². The van der Waals surface area contributed by atoms with Crippen molar-refractivity contribution in [3.8, 4) is 0 Å². The summed E-state index contributed by atoms with van der Waals surface area (Å²) in [6.07, 6.45) is 0.602. The molecule has 0 aliphatic carbocycles. The van der Waals surface area contributed by atoms with Crippen LogP contribution in [0.15, 0.2) is 104 Å². The highest BCUT2D eigenvalue weighted by atomic mass is 16.3. The van der Waals surface area contributed by atoms with E-state index < -0.39 is 6.10 Å². The molecule has 0 aromatic carbocycles. The highest BCUT2D eigenvalue weighted by molar-refractivity contribution is 4.95. The van der Waals surface area contributed by atoms with Crippen LogP contribution in [0.1, 0.15) is 32.6 Å².